The Bertz CT molecular complexity index is 416. The lowest BCUT2D eigenvalue weighted by Crippen LogP contribution is -2.23. The van der Waals surface area contributed by atoms with E-state index in [1.807, 2.05) is 6.92 Å². The van der Waals surface area contributed by atoms with Crippen LogP contribution in [-0.4, -0.2) is 18.6 Å². The monoisotopic (exact) mass is 238 g/mol. The van der Waals surface area contributed by atoms with Crippen LogP contribution in [-0.2, 0) is 9.53 Å². The first-order chi connectivity index (χ1) is 8.04. The molecule has 0 aliphatic carbocycles. The van der Waals surface area contributed by atoms with E-state index in [0.717, 1.165) is 0 Å². The highest BCUT2D eigenvalue weighted by Gasteiger charge is 2.28. The first-order valence-electron chi connectivity index (χ1n) is 5.53. The fourth-order valence-corrected chi connectivity index (χ4v) is 1.93. The van der Waals surface area contributed by atoms with E-state index in [4.69, 9.17) is 10.5 Å². The third kappa shape index (κ3) is 2.94. The minimum absolute atomic E-state index is 0.100. The van der Waals surface area contributed by atoms with E-state index in [1.54, 1.807) is 0 Å². The maximum atomic E-state index is 13.1. The van der Waals surface area contributed by atoms with Gasteiger partial charge >= 0.3 is 0 Å². The number of halogens is 1. The summed E-state index contributed by atoms with van der Waals surface area (Å²) in [6.07, 6.45) is 0.791. The summed E-state index contributed by atoms with van der Waals surface area (Å²) in [6.45, 7) is 2.34. The summed E-state index contributed by atoms with van der Waals surface area (Å²) in [7, 11) is 0. The molecule has 2 unspecified atom stereocenters. The van der Waals surface area contributed by atoms with Crippen LogP contribution in [0.4, 0.5) is 15.8 Å². The molecule has 1 fully saturated rings. The Labute approximate surface area is 98.9 Å². The van der Waals surface area contributed by atoms with Crippen LogP contribution in [0.5, 0.6) is 0 Å². The van der Waals surface area contributed by atoms with Gasteiger partial charge < -0.3 is 15.8 Å². The minimum atomic E-state index is -0.462. The summed E-state index contributed by atoms with van der Waals surface area (Å²) in [4.78, 5) is 11.8. The molecule has 0 spiro atoms. The Morgan fingerprint density at radius 2 is 2.29 bits per heavy atom. The summed E-state index contributed by atoms with van der Waals surface area (Å²) < 4.78 is 18.4. The van der Waals surface area contributed by atoms with Crippen LogP contribution in [0.2, 0.25) is 0 Å². The Balaban J connectivity index is 2.03. The number of hydrogen-bond donors (Lipinski definition) is 2. The molecule has 1 aliphatic rings. The van der Waals surface area contributed by atoms with Gasteiger partial charge in [-0.15, -0.1) is 0 Å². The molecule has 2 atom stereocenters. The SMILES string of the molecule is CC1CC(C(=O)Nc2cc(N)cc(F)c2)CO1. The highest BCUT2D eigenvalue weighted by molar-refractivity contribution is 5.93. The highest BCUT2D eigenvalue weighted by Crippen LogP contribution is 2.22. The van der Waals surface area contributed by atoms with Gasteiger partial charge in [0.1, 0.15) is 5.82 Å². The Kier molecular flexibility index (Phi) is 3.28. The zero-order valence-corrected chi connectivity index (χ0v) is 9.57. The van der Waals surface area contributed by atoms with E-state index in [0.29, 0.717) is 18.7 Å². The van der Waals surface area contributed by atoms with Gasteiger partial charge in [0.2, 0.25) is 5.91 Å². The largest absolute Gasteiger partial charge is 0.399 e. The predicted molar refractivity (Wildman–Crippen MR) is 63.0 cm³/mol. The second kappa shape index (κ2) is 4.71. The molecule has 0 radical (unpaired) electrons. The second-order valence-electron chi connectivity index (χ2n) is 4.34. The molecule has 17 heavy (non-hydrogen) atoms. The number of carbonyl (C=O) groups is 1. The van der Waals surface area contributed by atoms with Crippen molar-refractivity contribution in [1.29, 1.82) is 0 Å². The molecule has 1 amide bonds. The molecule has 1 aliphatic heterocycles. The van der Waals surface area contributed by atoms with Gasteiger partial charge in [0.25, 0.3) is 0 Å². The Morgan fingerprint density at radius 1 is 1.53 bits per heavy atom. The number of amides is 1. The van der Waals surface area contributed by atoms with E-state index in [-0.39, 0.29) is 23.6 Å². The van der Waals surface area contributed by atoms with Crippen LogP contribution in [0.1, 0.15) is 13.3 Å². The number of nitrogen functional groups attached to an aromatic ring is 1. The normalized spacial score (nSPS) is 23.6. The lowest BCUT2D eigenvalue weighted by molar-refractivity contribution is -0.119. The van der Waals surface area contributed by atoms with Crippen molar-refractivity contribution in [2.75, 3.05) is 17.7 Å². The third-order valence-corrected chi connectivity index (χ3v) is 2.76. The van der Waals surface area contributed by atoms with E-state index in [2.05, 4.69) is 5.32 Å². The summed E-state index contributed by atoms with van der Waals surface area (Å²) in [6, 6.07) is 3.98. The maximum absolute atomic E-state index is 13.1. The standard InChI is InChI=1S/C12H15FN2O2/c1-7-2-8(6-17-7)12(16)15-11-4-9(13)3-10(14)5-11/h3-5,7-8H,2,6,14H2,1H3,(H,15,16). The molecule has 1 saturated heterocycles. The van der Waals surface area contributed by atoms with Crippen LogP contribution < -0.4 is 11.1 Å². The van der Waals surface area contributed by atoms with Crippen LogP contribution in [0.25, 0.3) is 0 Å². The topological polar surface area (TPSA) is 64.4 Å². The highest BCUT2D eigenvalue weighted by atomic mass is 19.1. The van der Waals surface area contributed by atoms with E-state index >= 15 is 0 Å². The van der Waals surface area contributed by atoms with E-state index in [1.165, 1.54) is 18.2 Å². The summed E-state index contributed by atoms with van der Waals surface area (Å²) >= 11 is 0. The van der Waals surface area contributed by atoms with Crippen molar-refractivity contribution < 1.29 is 13.9 Å². The molecule has 0 bridgehead atoms. The van der Waals surface area contributed by atoms with Gasteiger partial charge in [-0.2, -0.15) is 0 Å². The Morgan fingerprint density at radius 3 is 2.88 bits per heavy atom. The number of ether oxygens (including phenoxy) is 1. The number of benzene rings is 1. The molecule has 0 saturated carbocycles. The maximum Gasteiger partial charge on any atom is 0.229 e. The van der Waals surface area contributed by atoms with Crippen LogP contribution in [0, 0.1) is 11.7 Å². The van der Waals surface area contributed by atoms with Crippen molar-refractivity contribution in [2.45, 2.75) is 19.4 Å². The van der Waals surface area contributed by atoms with Gasteiger partial charge in [-0.3, -0.25) is 4.79 Å². The quantitative estimate of drug-likeness (QED) is 0.772. The van der Waals surface area contributed by atoms with Crippen LogP contribution in [0.3, 0.4) is 0 Å². The summed E-state index contributed by atoms with van der Waals surface area (Å²) in [5.41, 5.74) is 6.16. The first kappa shape index (κ1) is 11.9. The number of rotatable bonds is 2. The number of carbonyl (C=O) groups excluding carboxylic acids is 1. The summed E-state index contributed by atoms with van der Waals surface area (Å²) in [5, 5.41) is 2.65. The molecule has 5 heteroatoms. The number of nitrogens with one attached hydrogen (secondary N) is 1. The molecule has 1 heterocycles. The average Bonchev–Trinajstić information content (AvgIpc) is 2.63. The number of nitrogens with two attached hydrogens (primary N) is 1. The van der Waals surface area contributed by atoms with E-state index < -0.39 is 5.82 Å². The van der Waals surface area contributed by atoms with Crippen molar-refractivity contribution in [3.8, 4) is 0 Å². The molecule has 3 N–H and O–H groups in total. The van der Waals surface area contributed by atoms with E-state index in [9.17, 15) is 9.18 Å². The number of hydrogen-bond acceptors (Lipinski definition) is 3. The lowest BCUT2D eigenvalue weighted by Gasteiger charge is -2.10. The van der Waals surface area contributed by atoms with Crippen molar-refractivity contribution in [3.63, 3.8) is 0 Å². The van der Waals surface area contributed by atoms with Crippen molar-refractivity contribution in [2.24, 2.45) is 5.92 Å². The minimum Gasteiger partial charge on any atom is -0.399 e. The first-order valence-corrected chi connectivity index (χ1v) is 5.53. The zero-order chi connectivity index (χ0) is 12.4. The second-order valence-corrected chi connectivity index (χ2v) is 4.34. The predicted octanol–water partition coefficient (Wildman–Crippen LogP) is 1.77. The van der Waals surface area contributed by atoms with Crippen molar-refractivity contribution >= 4 is 17.3 Å². The third-order valence-electron chi connectivity index (χ3n) is 2.76. The number of anilines is 2. The summed E-state index contributed by atoms with van der Waals surface area (Å²) in [5.74, 6) is -0.787. The van der Waals surface area contributed by atoms with Gasteiger partial charge in [0, 0.05) is 11.4 Å². The van der Waals surface area contributed by atoms with Crippen molar-refractivity contribution in [3.05, 3.63) is 24.0 Å². The smallest absolute Gasteiger partial charge is 0.229 e. The molecule has 2 rings (SSSR count). The molecule has 4 nitrogen and oxygen atoms in total. The van der Waals surface area contributed by atoms with Gasteiger partial charge in [-0.1, -0.05) is 0 Å². The van der Waals surface area contributed by atoms with Crippen LogP contribution >= 0.6 is 0 Å². The molecular formula is C12H15FN2O2. The van der Waals surface area contributed by atoms with Gasteiger partial charge in [-0.25, -0.2) is 4.39 Å². The lowest BCUT2D eigenvalue weighted by atomic mass is 10.1. The average molecular weight is 238 g/mol. The molecular weight excluding hydrogens is 223 g/mol. The molecule has 0 aromatic heterocycles. The van der Waals surface area contributed by atoms with Gasteiger partial charge in [0.05, 0.1) is 18.6 Å². The Hall–Kier alpha value is -1.62. The molecule has 1 aromatic carbocycles. The van der Waals surface area contributed by atoms with Crippen LogP contribution in [0.15, 0.2) is 18.2 Å². The molecule has 92 valence electrons. The fraction of sp³-hybridized carbons (Fsp3) is 0.417. The van der Waals surface area contributed by atoms with Gasteiger partial charge in [-0.05, 0) is 31.5 Å². The van der Waals surface area contributed by atoms with Gasteiger partial charge in [0.15, 0.2) is 0 Å². The van der Waals surface area contributed by atoms with Crippen molar-refractivity contribution in [1.82, 2.24) is 0 Å². The zero-order valence-electron chi connectivity index (χ0n) is 9.57. The molecule has 1 aromatic rings. The fourth-order valence-electron chi connectivity index (χ4n) is 1.93.